The van der Waals surface area contributed by atoms with Gasteiger partial charge in [0.15, 0.2) is 5.57 Å². The summed E-state index contributed by atoms with van der Waals surface area (Å²) in [5.74, 6) is 1.03. The molecule has 1 nitrogen and oxygen atoms in total. The fourth-order valence-electron chi connectivity index (χ4n) is 0.511. The molecule has 0 amide bonds. The molecule has 0 aliphatic carbocycles. The van der Waals surface area contributed by atoms with Crippen LogP contribution < -0.4 is 0 Å². The van der Waals surface area contributed by atoms with Gasteiger partial charge >= 0.3 is 12.4 Å². The van der Waals surface area contributed by atoms with Crippen LogP contribution in [0, 0.1) is 0 Å². The van der Waals surface area contributed by atoms with E-state index in [1.165, 1.54) is 20.8 Å². The number of rotatable bonds is 0. The van der Waals surface area contributed by atoms with Gasteiger partial charge in [0.1, 0.15) is 0 Å². The number of alkyl halides is 6. The van der Waals surface area contributed by atoms with Gasteiger partial charge in [0.25, 0.3) is 0 Å². The average molecular weight is 233 g/mol. The Morgan fingerprint density at radius 1 is 0.867 bits per heavy atom. The first-order valence-electron chi connectivity index (χ1n) is 3.83. The minimum absolute atomic E-state index is 1.03. The Bertz CT molecular complexity index is 268. The van der Waals surface area contributed by atoms with E-state index in [0.717, 1.165) is 5.87 Å². The van der Waals surface area contributed by atoms with Crippen molar-refractivity contribution in [3.05, 3.63) is 5.57 Å². The lowest BCUT2D eigenvalue weighted by molar-refractivity contribution is -0.169. The quantitative estimate of drug-likeness (QED) is 0.448. The SMILES string of the molecule is CC(C)(C)N=C=C(C(F)(F)F)C(F)(F)F. The Hall–Kier alpha value is -0.970. The van der Waals surface area contributed by atoms with Crippen molar-refractivity contribution in [1.29, 1.82) is 0 Å². The van der Waals surface area contributed by atoms with Crippen molar-refractivity contribution in [1.82, 2.24) is 0 Å². The zero-order valence-corrected chi connectivity index (χ0v) is 8.22. The summed E-state index contributed by atoms with van der Waals surface area (Å²) in [7, 11) is 0. The van der Waals surface area contributed by atoms with E-state index in [-0.39, 0.29) is 0 Å². The van der Waals surface area contributed by atoms with Crippen LogP contribution in [0.2, 0.25) is 0 Å². The van der Waals surface area contributed by atoms with Crippen LogP contribution in [0.3, 0.4) is 0 Å². The van der Waals surface area contributed by atoms with Gasteiger partial charge in [-0.1, -0.05) is 0 Å². The van der Waals surface area contributed by atoms with Crippen molar-refractivity contribution < 1.29 is 26.3 Å². The number of allylic oxidation sites excluding steroid dienone is 1. The second kappa shape index (κ2) is 3.89. The molecule has 0 rings (SSSR count). The van der Waals surface area contributed by atoms with Crippen molar-refractivity contribution in [2.45, 2.75) is 38.7 Å². The maximum atomic E-state index is 11.9. The Morgan fingerprint density at radius 2 is 1.20 bits per heavy atom. The predicted octanol–water partition coefficient (Wildman–Crippen LogP) is 3.51. The summed E-state index contributed by atoms with van der Waals surface area (Å²) in [6.07, 6.45) is -11.0. The van der Waals surface area contributed by atoms with Crippen LogP contribution in [0.1, 0.15) is 20.8 Å². The van der Waals surface area contributed by atoms with E-state index >= 15 is 0 Å². The lowest BCUT2D eigenvalue weighted by Crippen LogP contribution is -2.27. The highest BCUT2D eigenvalue weighted by molar-refractivity contribution is 5.62. The molecule has 7 heteroatoms. The molecular formula is C8H9F6N. The molecule has 0 aromatic heterocycles. The minimum Gasteiger partial charge on any atom is -0.237 e. The summed E-state index contributed by atoms with van der Waals surface area (Å²) < 4.78 is 71.5. The van der Waals surface area contributed by atoms with Gasteiger partial charge in [0, 0.05) is 0 Å². The zero-order chi connectivity index (χ0) is 12.5. The Balaban J connectivity index is 5.44. The van der Waals surface area contributed by atoms with Gasteiger partial charge in [-0.15, -0.1) is 0 Å². The first-order chi connectivity index (χ1) is 6.34. The highest BCUT2D eigenvalue weighted by Gasteiger charge is 2.51. The first kappa shape index (κ1) is 14.0. The molecule has 15 heavy (non-hydrogen) atoms. The lowest BCUT2D eigenvalue weighted by Gasteiger charge is -2.13. The third kappa shape index (κ3) is 5.47. The fraction of sp³-hybridized carbons (Fsp3) is 0.750. The Morgan fingerprint density at radius 3 is 1.40 bits per heavy atom. The van der Waals surface area contributed by atoms with Crippen LogP contribution in [0.15, 0.2) is 10.6 Å². The van der Waals surface area contributed by atoms with E-state index in [0.29, 0.717) is 0 Å². The van der Waals surface area contributed by atoms with E-state index in [1.54, 1.807) is 0 Å². The number of hydrogen-bond donors (Lipinski definition) is 0. The number of nitrogens with zero attached hydrogens (tertiary/aromatic N) is 1. The van der Waals surface area contributed by atoms with Gasteiger partial charge in [-0.2, -0.15) is 26.3 Å². The minimum atomic E-state index is -5.49. The molecule has 0 unspecified atom stereocenters. The van der Waals surface area contributed by atoms with Gasteiger partial charge in [0.05, 0.1) is 5.54 Å². The highest BCUT2D eigenvalue weighted by Crippen LogP contribution is 2.36. The van der Waals surface area contributed by atoms with Crippen LogP contribution >= 0.6 is 0 Å². The summed E-state index contributed by atoms with van der Waals surface area (Å²) in [5.41, 5.74) is -3.76. The van der Waals surface area contributed by atoms with E-state index in [4.69, 9.17) is 0 Å². The molecule has 0 heterocycles. The third-order valence-electron chi connectivity index (χ3n) is 1.07. The molecule has 0 radical (unpaired) electrons. The summed E-state index contributed by atoms with van der Waals surface area (Å²) in [5, 5.41) is 0. The molecule has 0 bridgehead atoms. The van der Waals surface area contributed by atoms with E-state index in [9.17, 15) is 26.3 Å². The molecule has 0 aromatic rings. The van der Waals surface area contributed by atoms with Gasteiger partial charge in [-0.05, 0) is 26.6 Å². The average Bonchev–Trinajstić information content (AvgIpc) is 1.75. The van der Waals surface area contributed by atoms with Crippen molar-refractivity contribution in [3.63, 3.8) is 0 Å². The maximum Gasteiger partial charge on any atom is 0.430 e. The molecule has 0 saturated heterocycles. The molecule has 0 atom stereocenters. The first-order valence-corrected chi connectivity index (χ1v) is 3.83. The molecule has 0 saturated carbocycles. The van der Waals surface area contributed by atoms with E-state index < -0.39 is 23.5 Å². The maximum absolute atomic E-state index is 11.9. The predicted molar refractivity (Wildman–Crippen MR) is 42.8 cm³/mol. The van der Waals surface area contributed by atoms with Gasteiger partial charge in [-0.3, -0.25) is 0 Å². The Kier molecular flexibility index (Phi) is 3.63. The highest BCUT2D eigenvalue weighted by atomic mass is 19.4. The summed E-state index contributed by atoms with van der Waals surface area (Å²) >= 11 is 0. The molecule has 0 fully saturated rings. The number of halogens is 6. The molecule has 0 N–H and O–H groups in total. The summed E-state index contributed by atoms with van der Waals surface area (Å²) in [6, 6.07) is 0. The second-order valence-corrected chi connectivity index (χ2v) is 3.76. The molecule has 0 aliphatic heterocycles. The van der Waals surface area contributed by atoms with Crippen molar-refractivity contribution in [3.8, 4) is 0 Å². The van der Waals surface area contributed by atoms with Gasteiger partial charge < -0.3 is 0 Å². The molecule has 0 spiro atoms. The summed E-state index contributed by atoms with van der Waals surface area (Å²) in [4.78, 5) is 3.06. The van der Waals surface area contributed by atoms with Crippen molar-refractivity contribution in [2.24, 2.45) is 4.99 Å². The van der Waals surface area contributed by atoms with E-state index in [1.807, 2.05) is 0 Å². The van der Waals surface area contributed by atoms with Crippen LogP contribution in [0.25, 0.3) is 0 Å². The smallest absolute Gasteiger partial charge is 0.237 e. The van der Waals surface area contributed by atoms with Crippen molar-refractivity contribution >= 4 is 5.87 Å². The fourth-order valence-corrected chi connectivity index (χ4v) is 0.511. The standard InChI is InChI=1S/C8H9F6N/c1-6(2,3)15-4-5(7(9,10)11)8(12,13)14/h1-3H3. The van der Waals surface area contributed by atoms with Gasteiger partial charge in [-0.25, -0.2) is 4.99 Å². The summed E-state index contributed by atoms with van der Waals surface area (Å²) in [6.45, 7) is 4.10. The normalized spacial score (nSPS) is 13.4. The van der Waals surface area contributed by atoms with E-state index in [2.05, 4.69) is 4.99 Å². The molecule has 0 aromatic carbocycles. The molecular weight excluding hydrogens is 224 g/mol. The molecule has 0 aliphatic rings. The van der Waals surface area contributed by atoms with Gasteiger partial charge in [0.2, 0.25) is 0 Å². The lowest BCUT2D eigenvalue weighted by atomic mass is 10.1. The number of aliphatic imine (C=N–C) groups is 1. The molecule has 88 valence electrons. The zero-order valence-electron chi connectivity index (χ0n) is 8.22. The Labute approximate surface area is 82.5 Å². The van der Waals surface area contributed by atoms with Crippen molar-refractivity contribution in [2.75, 3.05) is 0 Å². The second-order valence-electron chi connectivity index (χ2n) is 3.76. The largest absolute Gasteiger partial charge is 0.430 e. The van der Waals surface area contributed by atoms with Crippen LogP contribution in [-0.4, -0.2) is 23.8 Å². The monoisotopic (exact) mass is 233 g/mol. The topological polar surface area (TPSA) is 12.4 Å². The third-order valence-corrected chi connectivity index (χ3v) is 1.07. The van der Waals surface area contributed by atoms with Crippen LogP contribution in [0.4, 0.5) is 26.3 Å². The van der Waals surface area contributed by atoms with Crippen LogP contribution in [0.5, 0.6) is 0 Å². The number of hydrogen-bond acceptors (Lipinski definition) is 1. The van der Waals surface area contributed by atoms with Crippen LogP contribution in [-0.2, 0) is 0 Å².